The normalized spacial score (nSPS) is 12.7. The van der Waals surface area contributed by atoms with Gasteiger partial charge in [-0.25, -0.2) is 0 Å². The minimum atomic E-state index is -0.337. The van der Waals surface area contributed by atoms with Gasteiger partial charge in [0.05, 0.1) is 6.26 Å². The second-order valence-corrected chi connectivity index (χ2v) is 15.3. The fourth-order valence-electron chi connectivity index (χ4n) is 6.09. The fraction of sp³-hybridized carbons (Fsp3) is 0.381. The Morgan fingerprint density at radius 1 is 0.875 bits per heavy atom. The van der Waals surface area contributed by atoms with Gasteiger partial charge in [0.15, 0.2) is 5.78 Å². The Balaban J connectivity index is 0.000000251. The topological polar surface area (TPSA) is 63.3 Å². The van der Waals surface area contributed by atoms with E-state index in [2.05, 4.69) is 81.4 Å². The largest absolute Gasteiger partial charge is 0.512 e. The van der Waals surface area contributed by atoms with Gasteiger partial charge in [0, 0.05) is 63.7 Å². The van der Waals surface area contributed by atoms with Crippen LogP contribution < -0.4 is 0 Å². The zero-order valence-corrected chi connectivity index (χ0v) is 32.9. The maximum atomic E-state index is 12.2. The number of aromatic nitrogens is 1. The summed E-state index contributed by atoms with van der Waals surface area (Å²) in [5.74, 6) is 0.286. The summed E-state index contributed by atoms with van der Waals surface area (Å²) in [6, 6.07) is 22.9. The number of rotatable bonds is 8. The number of pyridine rings is 1. The van der Waals surface area contributed by atoms with Crippen molar-refractivity contribution in [2.45, 2.75) is 93.4 Å². The summed E-state index contributed by atoms with van der Waals surface area (Å²) >= 11 is 1.80. The number of allylic oxidation sites excluding steroid dienone is 2. The van der Waals surface area contributed by atoms with E-state index in [4.69, 9.17) is 9.40 Å². The number of thiophene rings is 1. The molecular weight excluding hydrogens is 791 g/mol. The predicted molar refractivity (Wildman–Crippen MR) is 200 cm³/mol. The van der Waals surface area contributed by atoms with Gasteiger partial charge in [0.25, 0.3) is 0 Å². The van der Waals surface area contributed by atoms with Crippen LogP contribution in [0.3, 0.4) is 0 Å². The number of hydrogen-bond acceptors (Lipinski definition) is 5. The van der Waals surface area contributed by atoms with Crippen LogP contribution in [0.25, 0.3) is 53.2 Å². The fourth-order valence-corrected chi connectivity index (χ4v) is 7.31. The molecule has 3 heterocycles. The molecule has 0 atom stereocenters. The molecule has 0 aliphatic heterocycles. The first-order valence-corrected chi connectivity index (χ1v) is 17.7. The Morgan fingerprint density at radius 2 is 1.54 bits per heavy atom. The molecule has 3 aromatic heterocycles. The quantitative estimate of drug-likeness (QED) is 0.0942. The average molecular weight is 839 g/mol. The van der Waals surface area contributed by atoms with E-state index in [1.807, 2.05) is 47.7 Å². The standard InChI is InChI=1S/C27H20NOS.C15H28O2.Ir/c1-27(2,3)21-15-17(14-16-6-4-5-7-18(16)21)25-24-20-8-9-22-19(11-13-29-22)26(20)30-23(24)10-12-28-25;1-7-14(5,8-2)12(16)11-13(17)15(6,9-3)10-4;/h4-13,15H,1-3H3;11,16H,7-10H2,1-6H3;/q-1;;/b;12-11-;. The first-order valence-electron chi connectivity index (χ1n) is 16.9. The molecule has 4 nitrogen and oxygen atoms in total. The second kappa shape index (κ2) is 14.7. The van der Waals surface area contributed by atoms with Crippen molar-refractivity contribution in [1.29, 1.82) is 0 Å². The van der Waals surface area contributed by atoms with Gasteiger partial charge in [-0.1, -0.05) is 91.5 Å². The van der Waals surface area contributed by atoms with Gasteiger partial charge in [-0.05, 0) is 66.1 Å². The summed E-state index contributed by atoms with van der Waals surface area (Å²) in [6.07, 6.45) is 8.43. The number of furan rings is 1. The van der Waals surface area contributed by atoms with Crippen LogP contribution in [0.1, 0.15) is 93.6 Å². The van der Waals surface area contributed by atoms with Crippen molar-refractivity contribution >= 4 is 59.0 Å². The number of ketones is 1. The Morgan fingerprint density at radius 3 is 2.19 bits per heavy atom. The minimum Gasteiger partial charge on any atom is -0.512 e. The zero-order valence-electron chi connectivity index (χ0n) is 29.7. The van der Waals surface area contributed by atoms with Crippen LogP contribution in [0.2, 0.25) is 0 Å². The number of hydrogen-bond donors (Lipinski definition) is 1. The molecule has 3 aromatic carbocycles. The van der Waals surface area contributed by atoms with Crippen LogP contribution >= 0.6 is 11.3 Å². The number of benzene rings is 3. The van der Waals surface area contributed by atoms with Crippen molar-refractivity contribution in [3.05, 3.63) is 90.5 Å². The van der Waals surface area contributed by atoms with E-state index in [9.17, 15) is 9.90 Å². The number of carbonyl (C=O) groups excluding carboxylic acids is 1. The first-order chi connectivity index (χ1) is 22.3. The summed E-state index contributed by atoms with van der Waals surface area (Å²) in [5, 5.41) is 16.1. The summed E-state index contributed by atoms with van der Waals surface area (Å²) < 4.78 is 8.11. The van der Waals surface area contributed by atoms with Crippen LogP contribution in [0.4, 0.5) is 0 Å². The van der Waals surface area contributed by atoms with Gasteiger partial charge in [0.1, 0.15) is 11.3 Å². The first kappa shape index (κ1) is 37.5. The van der Waals surface area contributed by atoms with E-state index in [-0.39, 0.29) is 47.9 Å². The molecule has 0 unspecified atom stereocenters. The maximum Gasteiger partial charge on any atom is 0.164 e. The molecule has 0 spiro atoms. The van der Waals surface area contributed by atoms with Crippen molar-refractivity contribution < 1.29 is 34.4 Å². The Hall–Kier alpha value is -3.31. The zero-order chi connectivity index (χ0) is 34.1. The van der Waals surface area contributed by atoms with Gasteiger partial charge in [-0.2, -0.15) is 0 Å². The number of carbonyl (C=O) groups is 1. The molecule has 6 rings (SSSR count). The third kappa shape index (κ3) is 7.04. The molecule has 1 N–H and O–H groups in total. The summed E-state index contributed by atoms with van der Waals surface area (Å²) in [7, 11) is 0. The monoisotopic (exact) mass is 839 g/mol. The van der Waals surface area contributed by atoms with E-state index in [0.717, 1.165) is 53.3 Å². The Labute approximate surface area is 303 Å². The third-order valence-corrected chi connectivity index (χ3v) is 11.6. The van der Waals surface area contributed by atoms with Gasteiger partial charge in [-0.3, -0.25) is 9.78 Å². The van der Waals surface area contributed by atoms with E-state index in [0.29, 0.717) is 0 Å². The molecule has 0 aliphatic carbocycles. The number of aliphatic hydroxyl groups excluding tert-OH is 1. The molecule has 0 amide bonds. The van der Waals surface area contributed by atoms with E-state index >= 15 is 0 Å². The van der Waals surface area contributed by atoms with Gasteiger partial charge < -0.3 is 9.52 Å². The van der Waals surface area contributed by atoms with Crippen LogP contribution in [0, 0.1) is 16.9 Å². The van der Waals surface area contributed by atoms with E-state index < -0.39 is 0 Å². The van der Waals surface area contributed by atoms with E-state index in [1.54, 1.807) is 17.6 Å². The summed E-state index contributed by atoms with van der Waals surface area (Å²) in [4.78, 5) is 17.0. The molecule has 0 saturated heterocycles. The van der Waals surface area contributed by atoms with Crippen molar-refractivity contribution in [2.75, 3.05) is 0 Å². The molecule has 0 aliphatic rings. The minimum absolute atomic E-state index is 0. The van der Waals surface area contributed by atoms with Crippen LogP contribution in [-0.2, 0) is 30.3 Å². The molecule has 6 aromatic rings. The number of fused-ring (bicyclic) bond motifs is 6. The second-order valence-electron chi connectivity index (χ2n) is 14.2. The predicted octanol–water partition coefficient (Wildman–Crippen LogP) is 12.8. The molecular formula is C42H48IrNO3S-. The molecule has 0 fully saturated rings. The van der Waals surface area contributed by atoms with Gasteiger partial charge >= 0.3 is 0 Å². The summed E-state index contributed by atoms with van der Waals surface area (Å²) in [6.45, 7) is 18.9. The van der Waals surface area contributed by atoms with Crippen LogP contribution in [0.15, 0.2) is 83.3 Å². The summed E-state index contributed by atoms with van der Waals surface area (Å²) in [5.41, 5.74) is 3.72. The number of nitrogens with zero attached hydrogens (tertiary/aromatic N) is 1. The Kier molecular flexibility index (Phi) is 11.5. The molecule has 6 heteroatoms. The third-order valence-electron chi connectivity index (χ3n) is 10.4. The average Bonchev–Trinajstić information content (AvgIpc) is 3.71. The van der Waals surface area contributed by atoms with Crippen molar-refractivity contribution in [1.82, 2.24) is 4.98 Å². The molecule has 1 radical (unpaired) electrons. The van der Waals surface area contributed by atoms with Crippen LogP contribution in [0.5, 0.6) is 0 Å². The molecule has 0 bridgehead atoms. The smallest absolute Gasteiger partial charge is 0.164 e. The molecule has 255 valence electrons. The maximum absolute atomic E-state index is 12.2. The van der Waals surface area contributed by atoms with Gasteiger partial charge in [0.2, 0.25) is 0 Å². The molecule has 0 saturated carbocycles. The number of aliphatic hydroxyl groups is 1. The van der Waals surface area contributed by atoms with Crippen molar-refractivity contribution in [2.24, 2.45) is 10.8 Å². The Bertz CT molecular complexity index is 2090. The molecule has 48 heavy (non-hydrogen) atoms. The van der Waals surface area contributed by atoms with Crippen LogP contribution in [-0.4, -0.2) is 15.9 Å². The van der Waals surface area contributed by atoms with Gasteiger partial charge in [-0.15, -0.1) is 40.5 Å². The SMILES string of the molecule is CC(C)(C)c1cc(-c2nccc3sc4c5ccoc5ccc4c23)[c-]c2ccccc12.CCC(C)(CC)C(=O)/C=C(\O)C(C)(CC)CC.[Ir]. The van der Waals surface area contributed by atoms with E-state index in [1.165, 1.54) is 37.2 Å². The van der Waals surface area contributed by atoms with Crippen molar-refractivity contribution in [3.63, 3.8) is 0 Å². The van der Waals surface area contributed by atoms with Crippen molar-refractivity contribution in [3.8, 4) is 11.3 Å².